The summed E-state index contributed by atoms with van der Waals surface area (Å²) in [6.45, 7) is 1.43. The van der Waals surface area contributed by atoms with Gasteiger partial charge in [-0.15, -0.1) is 0 Å². The zero-order valence-electron chi connectivity index (χ0n) is 11.4. The van der Waals surface area contributed by atoms with Crippen molar-refractivity contribution in [2.45, 2.75) is 25.4 Å². The number of hydrogen-bond acceptors (Lipinski definition) is 7. The Labute approximate surface area is 126 Å². The van der Waals surface area contributed by atoms with Crippen molar-refractivity contribution in [3.63, 3.8) is 0 Å². The molecular formula is C14H15N3O3S. The fourth-order valence-electron chi connectivity index (χ4n) is 2.34. The third kappa shape index (κ3) is 3.30. The molecule has 0 atom stereocenters. The highest BCUT2D eigenvalue weighted by Crippen LogP contribution is 2.30. The highest BCUT2D eigenvalue weighted by molar-refractivity contribution is 8.18. The molecule has 0 bridgehead atoms. The number of nitrogens with zero attached hydrogens (tertiary/aromatic N) is 3. The van der Waals surface area contributed by atoms with Crippen molar-refractivity contribution in [1.82, 2.24) is 9.97 Å². The van der Waals surface area contributed by atoms with Crippen molar-refractivity contribution in [2.75, 3.05) is 18.0 Å². The molecule has 0 spiro atoms. The highest BCUT2D eigenvalue weighted by Gasteiger charge is 2.26. The average Bonchev–Trinajstić information content (AvgIpc) is 2.78. The smallest absolute Gasteiger partial charge is 0.225 e. The second-order valence-electron chi connectivity index (χ2n) is 5.08. The Morgan fingerprint density at radius 2 is 2.10 bits per heavy atom. The summed E-state index contributed by atoms with van der Waals surface area (Å²) in [5.41, 5.74) is 0.622. The lowest BCUT2D eigenvalue weighted by Gasteiger charge is -2.29. The molecule has 0 aromatic carbocycles. The maximum absolute atomic E-state index is 11.6. The summed E-state index contributed by atoms with van der Waals surface area (Å²) in [7, 11) is 0. The van der Waals surface area contributed by atoms with Gasteiger partial charge in [-0.05, 0) is 36.7 Å². The third-order valence-corrected chi connectivity index (χ3v) is 4.43. The van der Waals surface area contributed by atoms with Gasteiger partial charge in [0.15, 0.2) is 5.78 Å². The summed E-state index contributed by atoms with van der Waals surface area (Å²) in [6.07, 6.45) is 4.42. The van der Waals surface area contributed by atoms with Gasteiger partial charge in [-0.25, -0.2) is 9.97 Å². The molecule has 0 saturated carbocycles. The molecule has 0 radical (unpaired) electrons. The molecule has 2 aliphatic rings. The van der Waals surface area contributed by atoms with E-state index in [0.29, 0.717) is 42.5 Å². The molecule has 1 aromatic heterocycles. The molecule has 3 rings (SSSR count). The first-order valence-electron chi connectivity index (χ1n) is 6.83. The summed E-state index contributed by atoms with van der Waals surface area (Å²) in [4.78, 5) is 34.0. The van der Waals surface area contributed by atoms with Crippen LogP contribution in [0, 0.1) is 0 Å². The van der Waals surface area contributed by atoms with E-state index in [4.69, 9.17) is 0 Å². The predicted octanol–water partition coefficient (Wildman–Crippen LogP) is 1.01. The van der Waals surface area contributed by atoms with Crippen molar-refractivity contribution in [2.24, 2.45) is 0 Å². The standard InChI is InChI=1S/C14H15N3O3S/c18-10-2-5-17(6-3-10)14-15-4-1-9(16-14)7-12-11(19)8-13(20)21-12/h1,4,7,10,18H,2-3,5-6,8H2/b12-7-. The Hall–Kier alpha value is -1.73. The second-order valence-corrected chi connectivity index (χ2v) is 6.18. The van der Waals surface area contributed by atoms with E-state index in [1.165, 1.54) is 0 Å². The zero-order valence-corrected chi connectivity index (χ0v) is 12.2. The maximum Gasteiger partial charge on any atom is 0.225 e. The normalized spacial score (nSPS) is 22.3. The van der Waals surface area contributed by atoms with Crippen LogP contribution in [0.3, 0.4) is 0 Å². The minimum atomic E-state index is -0.245. The van der Waals surface area contributed by atoms with Gasteiger partial charge in [0.1, 0.15) is 0 Å². The van der Waals surface area contributed by atoms with Gasteiger partial charge in [0.2, 0.25) is 11.1 Å². The van der Waals surface area contributed by atoms with E-state index in [1.54, 1.807) is 18.3 Å². The molecule has 1 N–H and O–H groups in total. The Morgan fingerprint density at radius 1 is 1.33 bits per heavy atom. The van der Waals surface area contributed by atoms with E-state index in [0.717, 1.165) is 11.8 Å². The van der Waals surface area contributed by atoms with Gasteiger partial charge in [0.05, 0.1) is 23.1 Å². The van der Waals surface area contributed by atoms with Gasteiger partial charge < -0.3 is 10.0 Å². The van der Waals surface area contributed by atoms with Crippen LogP contribution in [0.15, 0.2) is 17.2 Å². The molecule has 2 aliphatic heterocycles. The minimum absolute atomic E-state index is 0.0293. The topological polar surface area (TPSA) is 83.4 Å². The number of aliphatic hydroxyl groups excluding tert-OH is 1. The third-order valence-electron chi connectivity index (χ3n) is 3.49. The summed E-state index contributed by atoms with van der Waals surface area (Å²) < 4.78 is 0. The number of piperidine rings is 1. The van der Waals surface area contributed by atoms with Crippen molar-refractivity contribution in [3.8, 4) is 0 Å². The number of ketones is 1. The van der Waals surface area contributed by atoms with Gasteiger partial charge in [-0.2, -0.15) is 0 Å². The van der Waals surface area contributed by atoms with Crippen molar-refractivity contribution in [1.29, 1.82) is 0 Å². The molecule has 7 heteroatoms. The van der Waals surface area contributed by atoms with Gasteiger partial charge in [0, 0.05) is 19.3 Å². The first-order chi connectivity index (χ1) is 10.1. The fraction of sp³-hybridized carbons (Fsp3) is 0.429. The lowest BCUT2D eigenvalue weighted by atomic mass is 10.1. The summed E-state index contributed by atoms with van der Waals surface area (Å²) in [6, 6.07) is 1.71. The number of Topliss-reactive ketones (excluding diaryl/α,β-unsaturated/α-hetero) is 1. The van der Waals surface area contributed by atoms with Gasteiger partial charge in [-0.1, -0.05) is 0 Å². The molecule has 110 valence electrons. The maximum atomic E-state index is 11.6. The van der Waals surface area contributed by atoms with E-state index < -0.39 is 0 Å². The summed E-state index contributed by atoms with van der Waals surface area (Å²) >= 11 is 0.976. The van der Waals surface area contributed by atoms with Crippen LogP contribution >= 0.6 is 11.8 Å². The number of carbonyl (C=O) groups is 2. The van der Waals surface area contributed by atoms with E-state index in [2.05, 4.69) is 9.97 Å². The molecule has 6 nitrogen and oxygen atoms in total. The van der Waals surface area contributed by atoms with E-state index in [9.17, 15) is 14.7 Å². The number of rotatable bonds is 2. The van der Waals surface area contributed by atoms with E-state index in [1.807, 2.05) is 4.90 Å². The molecule has 2 fully saturated rings. The Morgan fingerprint density at radius 3 is 2.76 bits per heavy atom. The van der Waals surface area contributed by atoms with Gasteiger partial charge in [0.25, 0.3) is 0 Å². The van der Waals surface area contributed by atoms with Gasteiger partial charge in [-0.3, -0.25) is 9.59 Å². The Bertz CT molecular complexity index is 609. The number of thioether (sulfide) groups is 1. The monoisotopic (exact) mass is 305 g/mol. The summed E-state index contributed by atoms with van der Waals surface area (Å²) in [5.74, 6) is 0.448. The fourth-order valence-corrected chi connectivity index (χ4v) is 3.15. The Balaban J connectivity index is 1.79. The van der Waals surface area contributed by atoms with Crippen LogP contribution in [0.4, 0.5) is 5.95 Å². The molecule has 0 amide bonds. The van der Waals surface area contributed by atoms with Crippen LogP contribution in [0.25, 0.3) is 6.08 Å². The van der Waals surface area contributed by atoms with Crippen LogP contribution in [0.5, 0.6) is 0 Å². The highest BCUT2D eigenvalue weighted by atomic mass is 32.2. The number of aromatic nitrogens is 2. The van der Waals surface area contributed by atoms with Crippen molar-refractivity contribution >= 4 is 34.7 Å². The second kappa shape index (κ2) is 5.95. The van der Waals surface area contributed by atoms with Gasteiger partial charge >= 0.3 is 0 Å². The Kier molecular flexibility index (Phi) is 4.03. The van der Waals surface area contributed by atoms with Crippen molar-refractivity contribution < 1.29 is 14.7 Å². The molecule has 1 aromatic rings. The number of aliphatic hydroxyl groups is 1. The van der Waals surface area contributed by atoms with Crippen LogP contribution in [0.1, 0.15) is 25.0 Å². The molecule has 21 heavy (non-hydrogen) atoms. The van der Waals surface area contributed by atoms with Crippen LogP contribution in [0.2, 0.25) is 0 Å². The van der Waals surface area contributed by atoms with Crippen LogP contribution in [-0.2, 0) is 9.59 Å². The van der Waals surface area contributed by atoms with E-state index in [-0.39, 0.29) is 23.4 Å². The lowest BCUT2D eigenvalue weighted by Crippen LogP contribution is -2.36. The number of allylic oxidation sites excluding steroid dienone is 1. The quantitative estimate of drug-likeness (QED) is 0.645. The molecular weight excluding hydrogens is 290 g/mol. The number of anilines is 1. The molecule has 0 unspecified atom stereocenters. The zero-order chi connectivity index (χ0) is 14.8. The minimum Gasteiger partial charge on any atom is -0.393 e. The van der Waals surface area contributed by atoms with Crippen LogP contribution in [-0.4, -0.2) is 45.2 Å². The SMILES string of the molecule is O=C1CC(=O)/C(=C/c2ccnc(N3CCC(O)CC3)n2)S1. The molecule has 0 aliphatic carbocycles. The number of carbonyl (C=O) groups excluding carboxylic acids is 2. The first kappa shape index (κ1) is 14.2. The lowest BCUT2D eigenvalue weighted by molar-refractivity contribution is -0.119. The van der Waals surface area contributed by atoms with Crippen LogP contribution < -0.4 is 4.90 Å². The molecule has 2 saturated heterocycles. The molecule has 3 heterocycles. The summed E-state index contributed by atoms with van der Waals surface area (Å²) in [5, 5.41) is 9.40. The average molecular weight is 305 g/mol. The first-order valence-corrected chi connectivity index (χ1v) is 7.65. The predicted molar refractivity (Wildman–Crippen MR) is 79.7 cm³/mol. The van der Waals surface area contributed by atoms with Crippen molar-refractivity contribution in [3.05, 3.63) is 22.9 Å². The number of hydrogen-bond donors (Lipinski definition) is 1. The largest absolute Gasteiger partial charge is 0.393 e. The van der Waals surface area contributed by atoms with E-state index >= 15 is 0 Å².